The van der Waals surface area contributed by atoms with Crippen LogP contribution in [0, 0.1) is 5.92 Å². The number of aliphatic hydroxyl groups is 1. The number of hydrogen-bond acceptors (Lipinski definition) is 2. The number of rotatable bonds is 3. The van der Waals surface area contributed by atoms with Crippen LogP contribution in [0.15, 0.2) is 42.5 Å². The third-order valence-electron chi connectivity index (χ3n) is 5.14. The van der Waals surface area contributed by atoms with Crippen LogP contribution in [-0.2, 0) is 0 Å². The largest absolute Gasteiger partial charge is 0.393 e. The van der Waals surface area contributed by atoms with Crippen molar-refractivity contribution in [2.45, 2.75) is 38.8 Å². The molecule has 1 heterocycles. The van der Waals surface area contributed by atoms with E-state index >= 15 is 0 Å². The molecule has 3 rings (SSSR count). The lowest BCUT2D eigenvalue weighted by molar-refractivity contribution is 0.0794. The Balaban J connectivity index is 1.66. The summed E-state index contributed by atoms with van der Waals surface area (Å²) in [5.41, 5.74) is 1.14. The maximum Gasteiger partial charge on any atom is 0.317 e. The smallest absolute Gasteiger partial charge is 0.317 e. The van der Waals surface area contributed by atoms with Crippen LogP contribution in [0.4, 0.5) is 4.79 Å². The Labute approximate surface area is 143 Å². The zero-order valence-corrected chi connectivity index (χ0v) is 14.4. The van der Waals surface area contributed by atoms with Crippen LogP contribution < -0.4 is 5.32 Å². The van der Waals surface area contributed by atoms with Crippen molar-refractivity contribution in [1.29, 1.82) is 0 Å². The molecule has 24 heavy (non-hydrogen) atoms. The molecule has 0 aromatic heterocycles. The van der Waals surface area contributed by atoms with Gasteiger partial charge in [-0.15, -0.1) is 0 Å². The Kier molecular flexibility index (Phi) is 5.05. The molecule has 0 saturated carbocycles. The van der Waals surface area contributed by atoms with E-state index in [1.807, 2.05) is 36.9 Å². The summed E-state index contributed by atoms with van der Waals surface area (Å²) in [6.07, 6.45) is 1.45. The van der Waals surface area contributed by atoms with Crippen molar-refractivity contribution >= 4 is 16.8 Å². The van der Waals surface area contributed by atoms with Gasteiger partial charge in [-0.1, -0.05) is 42.5 Å². The summed E-state index contributed by atoms with van der Waals surface area (Å²) in [4.78, 5) is 14.4. The molecule has 0 aliphatic carbocycles. The quantitative estimate of drug-likeness (QED) is 0.903. The van der Waals surface area contributed by atoms with E-state index in [0.29, 0.717) is 19.0 Å². The van der Waals surface area contributed by atoms with E-state index in [4.69, 9.17) is 0 Å². The molecule has 128 valence electrons. The number of nitrogens with one attached hydrogen (secondary N) is 1. The summed E-state index contributed by atoms with van der Waals surface area (Å²) in [5.74, 6) is 0.310. The first kappa shape index (κ1) is 16.8. The summed E-state index contributed by atoms with van der Waals surface area (Å²) < 4.78 is 0. The highest BCUT2D eigenvalue weighted by Gasteiger charge is 2.26. The van der Waals surface area contributed by atoms with Gasteiger partial charge in [-0.3, -0.25) is 0 Å². The number of carbonyl (C=O) groups is 1. The molecule has 0 radical (unpaired) electrons. The lowest BCUT2D eigenvalue weighted by Gasteiger charge is -2.34. The molecule has 2 unspecified atom stereocenters. The third kappa shape index (κ3) is 3.54. The molecule has 2 amide bonds. The van der Waals surface area contributed by atoms with Crippen molar-refractivity contribution in [3.63, 3.8) is 0 Å². The minimum absolute atomic E-state index is 0.0144. The van der Waals surface area contributed by atoms with E-state index in [9.17, 15) is 9.90 Å². The molecule has 0 spiro atoms. The number of urea groups is 1. The van der Waals surface area contributed by atoms with E-state index in [1.54, 1.807) is 0 Å². The van der Waals surface area contributed by atoms with Crippen molar-refractivity contribution in [2.75, 3.05) is 13.1 Å². The van der Waals surface area contributed by atoms with E-state index in [2.05, 4.69) is 29.6 Å². The van der Waals surface area contributed by atoms with Crippen LogP contribution in [0.5, 0.6) is 0 Å². The van der Waals surface area contributed by atoms with E-state index in [0.717, 1.165) is 18.4 Å². The molecule has 2 aromatic carbocycles. The predicted molar refractivity (Wildman–Crippen MR) is 96.9 cm³/mol. The molecule has 1 saturated heterocycles. The lowest BCUT2D eigenvalue weighted by Crippen LogP contribution is -2.46. The Morgan fingerprint density at radius 3 is 2.50 bits per heavy atom. The van der Waals surface area contributed by atoms with Crippen molar-refractivity contribution in [1.82, 2.24) is 10.2 Å². The zero-order valence-electron chi connectivity index (χ0n) is 14.4. The van der Waals surface area contributed by atoms with Gasteiger partial charge in [-0.2, -0.15) is 0 Å². The van der Waals surface area contributed by atoms with Gasteiger partial charge in [-0.25, -0.2) is 4.79 Å². The topological polar surface area (TPSA) is 52.6 Å². The van der Waals surface area contributed by atoms with E-state index in [1.165, 1.54) is 10.8 Å². The molecule has 4 heteroatoms. The SMILES string of the molecule is CC(NC(=O)N1CCC(C(C)O)CC1)c1cccc2ccccc12. The molecule has 4 nitrogen and oxygen atoms in total. The summed E-state index contributed by atoms with van der Waals surface area (Å²) in [6.45, 7) is 5.29. The van der Waals surface area contributed by atoms with Crippen molar-refractivity contribution < 1.29 is 9.90 Å². The van der Waals surface area contributed by atoms with Gasteiger partial charge in [0.25, 0.3) is 0 Å². The summed E-state index contributed by atoms with van der Waals surface area (Å²) in [6, 6.07) is 14.4. The fourth-order valence-corrected chi connectivity index (χ4v) is 3.57. The Morgan fingerprint density at radius 1 is 1.12 bits per heavy atom. The first-order valence-corrected chi connectivity index (χ1v) is 8.77. The number of piperidine rings is 1. The van der Waals surface area contributed by atoms with Gasteiger partial charge in [-0.05, 0) is 48.9 Å². The molecular formula is C20H26N2O2. The van der Waals surface area contributed by atoms with Crippen LogP contribution in [0.2, 0.25) is 0 Å². The van der Waals surface area contributed by atoms with Crippen LogP contribution in [0.3, 0.4) is 0 Å². The third-order valence-corrected chi connectivity index (χ3v) is 5.14. The number of carbonyl (C=O) groups excluding carboxylic acids is 1. The molecule has 2 aromatic rings. The second kappa shape index (κ2) is 7.22. The Bertz CT molecular complexity index is 700. The van der Waals surface area contributed by atoms with Gasteiger partial charge in [0, 0.05) is 13.1 Å². The van der Waals surface area contributed by atoms with Gasteiger partial charge in [0.15, 0.2) is 0 Å². The summed E-state index contributed by atoms with van der Waals surface area (Å²) in [5, 5.41) is 15.2. The van der Waals surface area contributed by atoms with Crippen LogP contribution in [0.25, 0.3) is 10.8 Å². The average molecular weight is 326 g/mol. The number of fused-ring (bicyclic) bond motifs is 1. The first-order chi connectivity index (χ1) is 11.6. The molecular weight excluding hydrogens is 300 g/mol. The second-order valence-electron chi connectivity index (χ2n) is 6.80. The predicted octanol–water partition coefficient (Wildman–Crippen LogP) is 3.70. The zero-order chi connectivity index (χ0) is 17.1. The molecule has 1 fully saturated rings. The van der Waals surface area contributed by atoms with E-state index in [-0.39, 0.29) is 18.2 Å². The number of nitrogens with zero attached hydrogens (tertiary/aromatic N) is 1. The van der Waals surface area contributed by atoms with E-state index < -0.39 is 0 Å². The molecule has 2 N–H and O–H groups in total. The molecule has 1 aliphatic rings. The number of aliphatic hydroxyl groups excluding tert-OH is 1. The highest BCUT2D eigenvalue weighted by molar-refractivity contribution is 5.86. The fraction of sp³-hybridized carbons (Fsp3) is 0.450. The normalized spacial score (nSPS) is 18.4. The minimum Gasteiger partial charge on any atom is -0.393 e. The van der Waals surface area contributed by atoms with Gasteiger partial charge >= 0.3 is 6.03 Å². The van der Waals surface area contributed by atoms with Crippen molar-refractivity contribution in [3.8, 4) is 0 Å². The van der Waals surface area contributed by atoms with Crippen LogP contribution >= 0.6 is 0 Å². The highest BCUT2D eigenvalue weighted by Crippen LogP contribution is 2.25. The number of hydrogen-bond donors (Lipinski definition) is 2. The minimum atomic E-state index is -0.287. The maximum atomic E-state index is 12.5. The average Bonchev–Trinajstić information content (AvgIpc) is 2.61. The van der Waals surface area contributed by atoms with Crippen LogP contribution in [-0.4, -0.2) is 35.2 Å². The monoisotopic (exact) mass is 326 g/mol. The highest BCUT2D eigenvalue weighted by atomic mass is 16.3. The number of amides is 2. The lowest BCUT2D eigenvalue weighted by atomic mass is 9.92. The van der Waals surface area contributed by atoms with Gasteiger partial charge in [0.2, 0.25) is 0 Å². The standard InChI is InChI=1S/C20H26N2O2/c1-14(18-9-5-7-17-6-3-4-8-19(17)18)21-20(24)22-12-10-16(11-13-22)15(2)23/h3-9,14-16,23H,10-13H2,1-2H3,(H,21,24). The van der Waals surface area contributed by atoms with Crippen molar-refractivity contribution in [2.24, 2.45) is 5.92 Å². The fourth-order valence-electron chi connectivity index (χ4n) is 3.57. The molecule has 0 bridgehead atoms. The molecule has 1 aliphatic heterocycles. The second-order valence-corrected chi connectivity index (χ2v) is 6.80. The van der Waals surface area contributed by atoms with Gasteiger partial charge in [0.1, 0.15) is 0 Å². The Hall–Kier alpha value is -2.07. The summed E-state index contributed by atoms with van der Waals surface area (Å²) in [7, 11) is 0. The van der Waals surface area contributed by atoms with Crippen molar-refractivity contribution in [3.05, 3.63) is 48.0 Å². The van der Waals surface area contributed by atoms with Crippen LogP contribution in [0.1, 0.15) is 38.3 Å². The summed E-state index contributed by atoms with van der Waals surface area (Å²) >= 11 is 0. The first-order valence-electron chi connectivity index (χ1n) is 8.77. The van der Waals surface area contributed by atoms with Gasteiger partial charge in [0.05, 0.1) is 12.1 Å². The Morgan fingerprint density at radius 2 is 1.79 bits per heavy atom. The number of benzene rings is 2. The van der Waals surface area contributed by atoms with Gasteiger partial charge < -0.3 is 15.3 Å². The number of likely N-dealkylation sites (tertiary alicyclic amines) is 1. The maximum absolute atomic E-state index is 12.5. The molecule has 2 atom stereocenters.